The van der Waals surface area contributed by atoms with E-state index in [1.807, 2.05) is 6.07 Å². The van der Waals surface area contributed by atoms with Gasteiger partial charge >= 0.3 is 0 Å². The van der Waals surface area contributed by atoms with Gasteiger partial charge in [-0.2, -0.15) is 0 Å². The van der Waals surface area contributed by atoms with Crippen LogP contribution in [0.1, 0.15) is 37.4 Å². The van der Waals surface area contributed by atoms with Crippen LogP contribution in [0.15, 0.2) is 66.2 Å². The smallest absolute Gasteiger partial charge is 0.111 e. The zero-order valence-electron chi connectivity index (χ0n) is 16.0. The fraction of sp³-hybridized carbons (Fsp3) is 0.261. The molecule has 2 aromatic carbocycles. The summed E-state index contributed by atoms with van der Waals surface area (Å²) >= 11 is 1.74. The minimum absolute atomic E-state index is 0.00928. The first-order valence-electron chi connectivity index (χ1n) is 9.33. The monoisotopic (exact) mass is 375 g/mol. The van der Waals surface area contributed by atoms with E-state index in [-0.39, 0.29) is 11.6 Å². The highest BCUT2D eigenvalue weighted by Gasteiger charge is 2.23. The standard InChI is InChI=1S/C23H25N3S/c1-23(2,3)26-20(13-17-14-24-19-12-8-7-11-18(17)19)22-25-21(15-27-22)16-9-5-4-6-10-16/h4-12,14-15,20,24,26H,13H2,1-3H3/t20-/m1/s1. The van der Waals surface area contributed by atoms with E-state index in [0.717, 1.165) is 17.1 Å². The van der Waals surface area contributed by atoms with Crippen LogP contribution < -0.4 is 5.32 Å². The molecule has 0 amide bonds. The van der Waals surface area contributed by atoms with E-state index >= 15 is 0 Å². The Hall–Kier alpha value is -2.43. The number of benzene rings is 2. The Kier molecular flexibility index (Phi) is 4.85. The van der Waals surface area contributed by atoms with Crippen LogP contribution in [0.5, 0.6) is 0 Å². The van der Waals surface area contributed by atoms with Crippen molar-refractivity contribution in [2.75, 3.05) is 0 Å². The third-order valence-electron chi connectivity index (χ3n) is 4.60. The highest BCUT2D eigenvalue weighted by atomic mass is 32.1. The van der Waals surface area contributed by atoms with Crippen LogP contribution in [0.4, 0.5) is 0 Å². The van der Waals surface area contributed by atoms with Gasteiger partial charge in [0.2, 0.25) is 0 Å². The summed E-state index contributed by atoms with van der Waals surface area (Å²) in [5, 5.41) is 8.36. The number of H-pyrrole nitrogens is 1. The average molecular weight is 376 g/mol. The van der Waals surface area contributed by atoms with Crippen LogP contribution in [0.3, 0.4) is 0 Å². The zero-order chi connectivity index (χ0) is 18.9. The van der Waals surface area contributed by atoms with Gasteiger partial charge in [-0.25, -0.2) is 4.98 Å². The van der Waals surface area contributed by atoms with Crippen molar-refractivity contribution in [3.63, 3.8) is 0 Å². The Morgan fingerprint density at radius 3 is 2.56 bits per heavy atom. The number of hydrogen-bond donors (Lipinski definition) is 2. The fourth-order valence-electron chi connectivity index (χ4n) is 3.43. The molecule has 0 unspecified atom stereocenters. The summed E-state index contributed by atoms with van der Waals surface area (Å²) in [6.07, 6.45) is 3.04. The molecular weight excluding hydrogens is 350 g/mol. The number of hydrogen-bond acceptors (Lipinski definition) is 3. The number of rotatable bonds is 5. The van der Waals surface area contributed by atoms with Crippen molar-refractivity contribution >= 4 is 22.2 Å². The van der Waals surface area contributed by atoms with Gasteiger partial charge in [0.15, 0.2) is 0 Å². The van der Waals surface area contributed by atoms with E-state index in [2.05, 4.69) is 91.2 Å². The second-order valence-corrected chi connectivity index (χ2v) is 8.84. The Labute approximate surface area is 164 Å². The molecule has 0 saturated heterocycles. The number of aromatic amines is 1. The van der Waals surface area contributed by atoms with E-state index in [1.165, 1.54) is 22.0 Å². The van der Waals surface area contributed by atoms with Crippen LogP contribution in [0.25, 0.3) is 22.2 Å². The van der Waals surface area contributed by atoms with Crippen molar-refractivity contribution in [3.05, 3.63) is 76.7 Å². The van der Waals surface area contributed by atoms with Crippen LogP contribution >= 0.6 is 11.3 Å². The maximum absolute atomic E-state index is 4.97. The van der Waals surface area contributed by atoms with Gasteiger partial charge in [-0.05, 0) is 38.8 Å². The van der Waals surface area contributed by atoms with E-state index in [0.29, 0.717) is 0 Å². The molecule has 2 heterocycles. The summed E-state index contributed by atoms with van der Waals surface area (Å²) in [6.45, 7) is 6.63. The maximum Gasteiger partial charge on any atom is 0.111 e. The number of para-hydroxylation sites is 1. The van der Waals surface area contributed by atoms with E-state index in [9.17, 15) is 0 Å². The lowest BCUT2D eigenvalue weighted by Crippen LogP contribution is -2.39. The molecule has 0 radical (unpaired) electrons. The molecule has 0 saturated carbocycles. The van der Waals surface area contributed by atoms with E-state index in [4.69, 9.17) is 4.98 Å². The largest absolute Gasteiger partial charge is 0.361 e. The van der Waals surface area contributed by atoms with E-state index in [1.54, 1.807) is 11.3 Å². The van der Waals surface area contributed by atoms with Crippen molar-refractivity contribution in [2.45, 2.75) is 38.8 Å². The lowest BCUT2D eigenvalue weighted by molar-refractivity contribution is 0.361. The molecule has 0 aliphatic carbocycles. The SMILES string of the molecule is CC(C)(C)N[C@H](Cc1c[nH]c2ccccc12)c1nc(-c2ccccc2)cs1. The Bertz CT molecular complexity index is 1020. The number of nitrogens with one attached hydrogen (secondary N) is 2. The molecule has 2 N–H and O–H groups in total. The number of fused-ring (bicyclic) bond motifs is 1. The molecule has 4 heteroatoms. The molecule has 0 aliphatic heterocycles. The molecule has 1 atom stereocenters. The molecule has 2 aromatic heterocycles. The second kappa shape index (κ2) is 7.29. The molecule has 0 fully saturated rings. The van der Waals surface area contributed by atoms with Crippen LogP contribution in [-0.2, 0) is 6.42 Å². The van der Waals surface area contributed by atoms with Gasteiger partial charge in [-0.3, -0.25) is 0 Å². The van der Waals surface area contributed by atoms with E-state index < -0.39 is 0 Å². The van der Waals surface area contributed by atoms with Gasteiger partial charge in [0.05, 0.1) is 11.7 Å². The van der Waals surface area contributed by atoms with Gasteiger partial charge in [0.1, 0.15) is 5.01 Å². The second-order valence-electron chi connectivity index (χ2n) is 7.95. The minimum atomic E-state index is 0.00928. The number of nitrogens with zero attached hydrogens (tertiary/aromatic N) is 1. The minimum Gasteiger partial charge on any atom is -0.361 e. The Balaban J connectivity index is 1.66. The van der Waals surface area contributed by atoms with Crippen molar-refractivity contribution in [3.8, 4) is 11.3 Å². The zero-order valence-corrected chi connectivity index (χ0v) is 16.8. The van der Waals surface area contributed by atoms with Crippen LogP contribution in [0.2, 0.25) is 0 Å². The molecular formula is C23H25N3S. The topological polar surface area (TPSA) is 40.7 Å². The first kappa shape index (κ1) is 18.0. The highest BCUT2D eigenvalue weighted by molar-refractivity contribution is 7.10. The Morgan fingerprint density at radius 2 is 1.78 bits per heavy atom. The fourth-order valence-corrected chi connectivity index (χ4v) is 4.31. The van der Waals surface area contributed by atoms with Crippen LogP contribution in [0, 0.1) is 0 Å². The van der Waals surface area contributed by atoms with Crippen molar-refractivity contribution in [1.29, 1.82) is 0 Å². The molecule has 27 heavy (non-hydrogen) atoms. The molecule has 0 aliphatic rings. The number of aromatic nitrogens is 2. The first-order chi connectivity index (χ1) is 13.0. The summed E-state index contributed by atoms with van der Waals surface area (Å²) in [6, 6.07) is 19.0. The predicted molar refractivity (Wildman–Crippen MR) is 115 cm³/mol. The van der Waals surface area contributed by atoms with Crippen molar-refractivity contribution < 1.29 is 0 Å². The van der Waals surface area contributed by atoms with Gasteiger partial charge in [0, 0.05) is 33.6 Å². The highest BCUT2D eigenvalue weighted by Crippen LogP contribution is 2.30. The average Bonchev–Trinajstić information content (AvgIpc) is 3.29. The molecule has 3 nitrogen and oxygen atoms in total. The van der Waals surface area contributed by atoms with Gasteiger partial charge in [0.25, 0.3) is 0 Å². The summed E-state index contributed by atoms with van der Waals surface area (Å²) < 4.78 is 0. The lowest BCUT2D eigenvalue weighted by Gasteiger charge is -2.27. The molecule has 138 valence electrons. The third kappa shape index (κ3) is 4.12. The predicted octanol–water partition coefficient (Wildman–Crippen LogP) is 5.96. The normalized spacial score (nSPS) is 13.1. The summed E-state index contributed by atoms with van der Waals surface area (Å²) in [7, 11) is 0. The van der Waals surface area contributed by atoms with Crippen LogP contribution in [-0.4, -0.2) is 15.5 Å². The van der Waals surface area contributed by atoms with Crippen molar-refractivity contribution in [2.24, 2.45) is 0 Å². The molecule has 0 spiro atoms. The summed E-state index contributed by atoms with van der Waals surface area (Å²) in [5.41, 5.74) is 4.74. The van der Waals surface area contributed by atoms with Gasteiger partial charge < -0.3 is 10.3 Å². The summed E-state index contributed by atoms with van der Waals surface area (Å²) in [4.78, 5) is 8.37. The third-order valence-corrected chi connectivity index (χ3v) is 5.55. The Morgan fingerprint density at radius 1 is 1.04 bits per heavy atom. The lowest BCUT2D eigenvalue weighted by atomic mass is 10.0. The molecule has 4 aromatic rings. The number of thiazole rings is 1. The van der Waals surface area contributed by atoms with Gasteiger partial charge in [-0.15, -0.1) is 11.3 Å². The first-order valence-corrected chi connectivity index (χ1v) is 10.2. The molecule has 0 bridgehead atoms. The molecule has 4 rings (SSSR count). The summed E-state index contributed by atoms with van der Waals surface area (Å²) in [5.74, 6) is 0. The van der Waals surface area contributed by atoms with Gasteiger partial charge in [-0.1, -0.05) is 48.5 Å². The quantitative estimate of drug-likeness (QED) is 0.451. The van der Waals surface area contributed by atoms with Crippen molar-refractivity contribution in [1.82, 2.24) is 15.3 Å². The maximum atomic E-state index is 4.97.